The van der Waals surface area contributed by atoms with Gasteiger partial charge in [-0.15, -0.1) is 11.6 Å². The van der Waals surface area contributed by atoms with E-state index in [1.165, 1.54) is 18.3 Å². The Hall–Kier alpha value is -2.89. The maximum absolute atomic E-state index is 13.5. The standard InChI is InChI=1S/C24H19BrCl2F3N5O2/c1-2-7-32-22(36)15-10-12-9-13(25)5-6-14(12)19(27)20(15)33-23(37)17-11-18(24(28,29)30)34-35(17)21-16(26)4-3-8-31-21/h3-6,8-11,19-20H,2,7H2,1H3,(H,32,36)(H,33,37). The molecule has 2 aromatic heterocycles. The number of benzene rings is 1. The number of carbonyl (C=O) groups is 2. The average Bonchev–Trinajstić information content (AvgIpc) is 3.30. The van der Waals surface area contributed by atoms with Gasteiger partial charge >= 0.3 is 6.18 Å². The van der Waals surface area contributed by atoms with Gasteiger partial charge in [0.05, 0.1) is 16.4 Å². The highest BCUT2D eigenvalue weighted by Gasteiger charge is 2.39. The zero-order chi connectivity index (χ0) is 26.9. The molecule has 7 nitrogen and oxygen atoms in total. The normalized spacial score (nSPS) is 17.1. The van der Waals surface area contributed by atoms with Gasteiger partial charge in [0.15, 0.2) is 11.5 Å². The molecule has 0 spiro atoms. The van der Waals surface area contributed by atoms with Gasteiger partial charge in [-0.1, -0.05) is 40.5 Å². The van der Waals surface area contributed by atoms with Crippen LogP contribution in [0.3, 0.4) is 0 Å². The third-order valence-corrected chi connectivity index (χ3v) is 6.82. The van der Waals surface area contributed by atoms with E-state index in [0.717, 1.165) is 9.15 Å². The van der Waals surface area contributed by atoms with Crippen molar-refractivity contribution in [1.29, 1.82) is 0 Å². The molecule has 194 valence electrons. The van der Waals surface area contributed by atoms with Crippen molar-refractivity contribution >= 4 is 57.0 Å². The predicted octanol–water partition coefficient (Wildman–Crippen LogP) is 5.70. The molecule has 0 fully saturated rings. The minimum Gasteiger partial charge on any atom is -0.352 e. The van der Waals surface area contributed by atoms with E-state index in [0.29, 0.717) is 30.2 Å². The van der Waals surface area contributed by atoms with Crippen LogP contribution in [0.4, 0.5) is 13.2 Å². The van der Waals surface area contributed by atoms with Crippen molar-refractivity contribution in [2.75, 3.05) is 6.54 Å². The van der Waals surface area contributed by atoms with Crippen LogP contribution >= 0.6 is 39.1 Å². The maximum Gasteiger partial charge on any atom is 0.435 e. The molecule has 1 aliphatic rings. The van der Waals surface area contributed by atoms with E-state index < -0.39 is 40.8 Å². The SMILES string of the molecule is CCCNC(=O)C1=Cc2cc(Br)ccc2C(Cl)C1NC(=O)c1cc(C(F)(F)F)nn1-c1ncccc1Cl. The summed E-state index contributed by atoms with van der Waals surface area (Å²) in [6.07, 6.45) is -1.25. The first-order chi connectivity index (χ1) is 17.5. The molecule has 2 heterocycles. The summed E-state index contributed by atoms with van der Waals surface area (Å²) in [5, 5.41) is 8.02. The molecule has 0 aliphatic heterocycles. The van der Waals surface area contributed by atoms with Gasteiger partial charge in [-0.3, -0.25) is 9.59 Å². The fourth-order valence-electron chi connectivity index (χ4n) is 3.81. The molecule has 1 aromatic carbocycles. The van der Waals surface area contributed by atoms with Gasteiger partial charge in [-0.05, 0) is 47.9 Å². The fourth-order valence-corrected chi connectivity index (χ4v) is 4.78. The number of nitrogens with zero attached hydrogens (tertiary/aromatic N) is 3. The number of alkyl halides is 4. The van der Waals surface area contributed by atoms with Crippen molar-refractivity contribution in [2.45, 2.75) is 30.9 Å². The Morgan fingerprint density at radius 2 is 1.95 bits per heavy atom. The summed E-state index contributed by atoms with van der Waals surface area (Å²) >= 11 is 16.3. The van der Waals surface area contributed by atoms with E-state index in [2.05, 4.69) is 36.6 Å². The Morgan fingerprint density at radius 1 is 1.19 bits per heavy atom. The molecule has 37 heavy (non-hydrogen) atoms. The summed E-state index contributed by atoms with van der Waals surface area (Å²) < 4.78 is 42.0. The van der Waals surface area contributed by atoms with Crippen LogP contribution in [0.2, 0.25) is 5.02 Å². The number of fused-ring (bicyclic) bond motifs is 1. The second-order valence-corrected chi connectivity index (χ2v) is 9.91. The van der Waals surface area contributed by atoms with E-state index in [1.54, 1.807) is 24.3 Å². The van der Waals surface area contributed by atoms with E-state index in [-0.39, 0.29) is 16.4 Å². The Labute approximate surface area is 228 Å². The molecule has 4 rings (SSSR count). The van der Waals surface area contributed by atoms with Crippen LogP contribution in [0.5, 0.6) is 0 Å². The molecule has 0 radical (unpaired) electrons. The lowest BCUT2D eigenvalue weighted by atomic mass is 9.87. The number of aromatic nitrogens is 3. The number of hydrogen-bond donors (Lipinski definition) is 2. The van der Waals surface area contributed by atoms with Crippen molar-refractivity contribution in [1.82, 2.24) is 25.4 Å². The lowest BCUT2D eigenvalue weighted by molar-refractivity contribution is -0.141. The monoisotopic (exact) mass is 615 g/mol. The van der Waals surface area contributed by atoms with E-state index in [1.807, 2.05) is 6.92 Å². The Bertz CT molecular complexity index is 1390. The number of halogens is 6. The lowest BCUT2D eigenvalue weighted by Gasteiger charge is -2.31. The van der Waals surface area contributed by atoms with Crippen LogP contribution in [0.1, 0.15) is 46.0 Å². The van der Waals surface area contributed by atoms with Gasteiger partial charge in [0, 0.05) is 28.9 Å². The first-order valence-electron chi connectivity index (χ1n) is 11.0. The van der Waals surface area contributed by atoms with Crippen molar-refractivity contribution in [3.05, 3.63) is 80.2 Å². The summed E-state index contributed by atoms with van der Waals surface area (Å²) in [5.41, 5.74) is -0.320. The van der Waals surface area contributed by atoms with Crippen molar-refractivity contribution in [2.24, 2.45) is 0 Å². The van der Waals surface area contributed by atoms with Gasteiger partial charge in [-0.2, -0.15) is 18.3 Å². The summed E-state index contributed by atoms with van der Waals surface area (Å²) in [5.74, 6) is -1.57. The molecule has 2 N–H and O–H groups in total. The van der Waals surface area contributed by atoms with Crippen LogP contribution in [0, 0.1) is 0 Å². The molecular formula is C24H19BrCl2F3N5O2. The van der Waals surface area contributed by atoms with Crippen LogP contribution in [0.25, 0.3) is 11.9 Å². The van der Waals surface area contributed by atoms with Gasteiger partial charge in [0.1, 0.15) is 5.69 Å². The molecular weight excluding hydrogens is 598 g/mol. The quantitative estimate of drug-likeness (QED) is 0.348. The van der Waals surface area contributed by atoms with Crippen molar-refractivity contribution < 1.29 is 22.8 Å². The summed E-state index contributed by atoms with van der Waals surface area (Å²) in [6, 6.07) is 7.72. The summed E-state index contributed by atoms with van der Waals surface area (Å²) in [7, 11) is 0. The third-order valence-electron chi connectivity index (χ3n) is 5.54. The maximum atomic E-state index is 13.5. The summed E-state index contributed by atoms with van der Waals surface area (Å²) in [4.78, 5) is 30.4. The second kappa shape index (κ2) is 10.8. The Balaban J connectivity index is 1.76. The molecule has 1 aliphatic carbocycles. The molecule has 2 atom stereocenters. The number of rotatable bonds is 6. The molecule has 0 saturated carbocycles. The molecule has 2 unspecified atom stereocenters. The van der Waals surface area contributed by atoms with E-state index >= 15 is 0 Å². The van der Waals surface area contributed by atoms with Gasteiger partial charge in [-0.25, -0.2) is 9.67 Å². The third kappa shape index (κ3) is 5.68. The smallest absolute Gasteiger partial charge is 0.352 e. The molecule has 0 saturated heterocycles. The molecule has 2 amide bonds. The van der Waals surface area contributed by atoms with Gasteiger partial charge < -0.3 is 10.6 Å². The van der Waals surface area contributed by atoms with E-state index in [4.69, 9.17) is 23.2 Å². The minimum atomic E-state index is -4.83. The highest BCUT2D eigenvalue weighted by molar-refractivity contribution is 9.10. The molecule has 3 aromatic rings. The van der Waals surface area contributed by atoms with Crippen LogP contribution in [-0.2, 0) is 11.0 Å². The van der Waals surface area contributed by atoms with Gasteiger partial charge in [0.2, 0.25) is 5.91 Å². The van der Waals surface area contributed by atoms with Crippen LogP contribution < -0.4 is 10.6 Å². The van der Waals surface area contributed by atoms with Crippen LogP contribution in [0.15, 0.2) is 52.6 Å². The topological polar surface area (TPSA) is 88.9 Å². The zero-order valence-electron chi connectivity index (χ0n) is 19.1. The largest absolute Gasteiger partial charge is 0.435 e. The van der Waals surface area contributed by atoms with Crippen molar-refractivity contribution in [3.63, 3.8) is 0 Å². The van der Waals surface area contributed by atoms with E-state index in [9.17, 15) is 22.8 Å². The highest BCUT2D eigenvalue weighted by Crippen LogP contribution is 2.38. The predicted molar refractivity (Wildman–Crippen MR) is 137 cm³/mol. The minimum absolute atomic E-state index is 0.0136. The fraction of sp³-hybridized carbons (Fsp3) is 0.250. The van der Waals surface area contributed by atoms with Crippen LogP contribution in [-0.4, -0.2) is 39.2 Å². The Kier molecular flexibility index (Phi) is 7.96. The first-order valence-corrected chi connectivity index (χ1v) is 12.6. The zero-order valence-corrected chi connectivity index (χ0v) is 22.2. The average molecular weight is 617 g/mol. The number of nitrogens with one attached hydrogen (secondary N) is 2. The molecule has 13 heteroatoms. The second-order valence-electron chi connectivity index (χ2n) is 8.11. The Morgan fingerprint density at radius 3 is 2.62 bits per heavy atom. The number of pyridine rings is 1. The number of carbonyl (C=O) groups excluding carboxylic acids is 2. The lowest BCUT2D eigenvalue weighted by Crippen LogP contribution is -2.45. The first kappa shape index (κ1) is 27.2. The highest BCUT2D eigenvalue weighted by atomic mass is 79.9. The number of hydrogen-bond acceptors (Lipinski definition) is 4. The van der Waals surface area contributed by atoms with Gasteiger partial charge in [0.25, 0.3) is 5.91 Å². The number of amides is 2. The summed E-state index contributed by atoms with van der Waals surface area (Å²) in [6.45, 7) is 2.27. The van der Waals surface area contributed by atoms with Crippen molar-refractivity contribution in [3.8, 4) is 5.82 Å². The molecule has 0 bridgehead atoms.